The molecule has 146 valence electrons. The third-order valence-corrected chi connectivity index (χ3v) is 5.12. The van der Waals surface area contributed by atoms with Crippen LogP contribution in [0.4, 0.5) is 0 Å². The highest BCUT2D eigenvalue weighted by Gasteiger charge is 2.22. The average molecular weight is 406 g/mol. The summed E-state index contributed by atoms with van der Waals surface area (Å²) in [6.07, 6.45) is 5.36. The van der Waals surface area contributed by atoms with Crippen molar-refractivity contribution in [1.29, 1.82) is 0 Å². The van der Waals surface area contributed by atoms with Crippen molar-refractivity contribution in [2.24, 2.45) is 0 Å². The molecule has 0 radical (unpaired) electrons. The first-order valence-corrected chi connectivity index (χ1v) is 9.62. The maximum atomic E-state index is 12.9. The minimum absolute atomic E-state index is 0.185. The van der Waals surface area contributed by atoms with Crippen molar-refractivity contribution in [1.82, 2.24) is 24.6 Å². The number of benzene rings is 2. The number of para-hydroxylation sites is 1. The van der Waals surface area contributed by atoms with Gasteiger partial charge in [0.05, 0.1) is 29.3 Å². The number of aromatic nitrogens is 4. The monoisotopic (exact) mass is 405 g/mol. The number of aryl methyl sites for hydroxylation is 1. The average Bonchev–Trinajstić information content (AvgIpc) is 3.37. The van der Waals surface area contributed by atoms with Crippen LogP contribution in [0.2, 0.25) is 5.15 Å². The van der Waals surface area contributed by atoms with Gasteiger partial charge < -0.3 is 9.88 Å². The molecule has 0 saturated carbocycles. The summed E-state index contributed by atoms with van der Waals surface area (Å²) >= 11 is 6.50. The Morgan fingerprint density at radius 3 is 2.45 bits per heavy atom. The topological polar surface area (TPSA) is 64.7 Å². The molecule has 0 aliphatic carbocycles. The van der Waals surface area contributed by atoms with E-state index in [0.29, 0.717) is 16.4 Å². The standard InChI is InChI=1S/C22H20ClN5O/c1-15(17-8-10-18(11-9-17)27-13-12-24-14-27)25-22(29)20-16(2)26-28(21(20)23)19-6-4-3-5-7-19/h3-15H,1-2H3,(H,25,29). The lowest BCUT2D eigenvalue weighted by Crippen LogP contribution is -2.27. The van der Waals surface area contributed by atoms with Gasteiger partial charge in [-0.15, -0.1) is 0 Å². The molecule has 0 aliphatic heterocycles. The summed E-state index contributed by atoms with van der Waals surface area (Å²) in [5.41, 5.74) is 3.78. The Labute approximate surface area is 173 Å². The Kier molecular flexibility index (Phi) is 5.18. The lowest BCUT2D eigenvalue weighted by Gasteiger charge is -2.15. The molecule has 1 N–H and O–H groups in total. The molecule has 0 bridgehead atoms. The second-order valence-electron chi connectivity index (χ2n) is 6.76. The maximum absolute atomic E-state index is 12.9. The largest absolute Gasteiger partial charge is 0.345 e. The number of halogens is 1. The minimum Gasteiger partial charge on any atom is -0.345 e. The van der Waals surface area contributed by atoms with Gasteiger partial charge in [0.1, 0.15) is 5.15 Å². The number of imidazole rings is 1. The summed E-state index contributed by atoms with van der Waals surface area (Å²) in [4.78, 5) is 17.0. The van der Waals surface area contributed by atoms with Crippen molar-refractivity contribution >= 4 is 17.5 Å². The number of rotatable bonds is 5. The molecular formula is C22H20ClN5O. The number of hydrogen-bond donors (Lipinski definition) is 1. The Morgan fingerprint density at radius 2 is 1.79 bits per heavy atom. The van der Waals surface area contributed by atoms with Crippen molar-refractivity contribution in [2.75, 3.05) is 0 Å². The molecule has 0 fully saturated rings. The lowest BCUT2D eigenvalue weighted by molar-refractivity contribution is 0.0939. The highest BCUT2D eigenvalue weighted by molar-refractivity contribution is 6.33. The molecule has 2 aromatic heterocycles. The SMILES string of the molecule is Cc1nn(-c2ccccc2)c(Cl)c1C(=O)NC(C)c1ccc(-n2ccnc2)cc1. The fraction of sp³-hybridized carbons (Fsp3) is 0.136. The number of nitrogens with zero attached hydrogens (tertiary/aromatic N) is 4. The second kappa shape index (κ2) is 7.93. The van der Waals surface area contributed by atoms with E-state index in [1.165, 1.54) is 0 Å². The minimum atomic E-state index is -0.249. The molecule has 4 aromatic rings. The maximum Gasteiger partial charge on any atom is 0.256 e. The zero-order valence-electron chi connectivity index (χ0n) is 16.1. The van der Waals surface area contributed by atoms with Crippen LogP contribution in [0.1, 0.15) is 34.6 Å². The molecule has 1 unspecified atom stereocenters. The van der Waals surface area contributed by atoms with E-state index in [1.54, 1.807) is 24.1 Å². The van der Waals surface area contributed by atoms with Gasteiger partial charge in [0, 0.05) is 18.1 Å². The van der Waals surface area contributed by atoms with E-state index in [-0.39, 0.29) is 11.9 Å². The highest BCUT2D eigenvalue weighted by atomic mass is 35.5. The van der Waals surface area contributed by atoms with E-state index < -0.39 is 0 Å². The van der Waals surface area contributed by atoms with E-state index in [1.807, 2.05) is 72.3 Å². The predicted molar refractivity (Wildman–Crippen MR) is 113 cm³/mol. The van der Waals surface area contributed by atoms with Crippen molar-refractivity contribution in [3.05, 3.63) is 95.3 Å². The summed E-state index contributed by atoms with van der Waals surface area (Å²) in [7, 11) is 0. The number of hydrogen-bond acceptors (Lipinski definition) is 3. The first-order valence-electron chi connectivity index (χ1n) is 9.24. The fourth-order valence-corrected chi connectivity index (χ4v) is 3.55. The van der Waals surface area contributed by atoms with Crippen molar-refractivity contribution < 1.29 is 4.79 Å². The summed E-state index contributed by atoms with van der Waals surface area (Å²) in [6.45, 7) is 3.72. The molecular weight excluding hydrogens is 386 g/mol. The van der Waals surface area contributed by atoms with Gasteiger partial charge in [-0.2, -0.15) is 5.10 Å². The van der Waals surface area contributed by atoms with E-state index in [9.17, 15) is 4.79 Å². The molecule has 0 aliphatic rings. The first-order chi connectivity index (χ1) is 14.0. The second-order valence-corrected chi connectivity index (χ2v) is 7.11. The number of carbonyl (C=O) groups is 1. The van der Waals surface area contributed by atoms with E-state index in [0.717, 1.165) is 16.9 Å². The molecule has 7 heteroatoms. The molecule has 2 heterocycles. The third kappa shape index (κ3) is 3.79. The van der Waals surface area contributed by atoms with E-state index in [2.05, 4.69) is 15.4 Å². The van der Waals surface area contributed by atoms with Crippen molar-refractivity contribution in [2.45, 2.75) is 19.9 Å². The van der Waals surface area contributed by atoms with Crippen LogP contribution >= 0.6 is 11.6 Å². The van der Waals surface area contributed by atoms with Gasteiger partial charge in [-0.25, -0.2) is 9.67 Å². The van der Waals surface area contributed by atoms with Crippen LogP contribution in [0.15, 0.2) is 73.3 Å². The summed E-state index contributed by atoms with van der Waals surface area (Å²) < 4.78 is 3.50. The normalized spacial score (nSPS) is 12.0. The molecule has 2 aromatic carbocycles. The quantitative estimate of drug-likeness (QED) is 0.531. The van der Waals surface area contributed by atoms with Crippen LogP contribution in [-0.4, -0.2) is 25.2 Å². The van der Waals surface area contributed by atoms with E-state index in [4.69, 9.17) is 11.6 Å². The predicted octanol–water partition coefficient (Wildman–Crippen LogP) is 4.51. The van der Waals surface area contributed by atoms with Gasteiger partial charge in [-0.3, -0.25) is 4.79 Å². The smallest absolute Gasteiger partial charge is 0.256 e. The molecule has 0 spiro atoms. The molecule has 4 rings (SSSR count). The Hall–Kier alpha value is -3.38. The first kappa shape index (κ1) is 19.0. The summed E-state index contributed by atoms with van der Waals surface area (Å²) in [5, 5.41) is 7.75. The number of amides is 1. The fourth-order valence-electron chi connectivity index (χ4n) is 3.20. The molecule has 1 amide bonds. The third-order valence-electron chi connectivity index (χ3n) is 4.78. The lowest BCUT2D eigenvalue weighted by atomic mass is 10.1. The molecule has 6 nitrogen and oxygen atoms in total. The van der Waals surface area contributed by atoms with Crippen LogP contribution in [0.5, 0.6) is 0 Å². The van der Waals surface area contributed by atoms with Gasteiger partial charge in [0.2, 0.25) is 0 Å². The van der Waals surface area contributed by atoms with Crippen molar-refractivity contribution in [3.63, 3.8) is 0 Å². The van der Waals surface area contributed by atoms with Gasteiger partial charge in [0.25, 0.3) is 5.91 Å². The van der Waals surface area contributed by atoms with Crippen molar-refractivity contribution in [3.8, 4) is 11.4 Å². The van der Waals surface area contributed by atoms with Gasteiger partial charge in [0.15, 0.2) is 0 Å². The summed E-state index contributed by atoms with van der Waals surface area (Å²) in [5.74, 6) is -0.249. The van der Waals surface area contributed by atoms with Gasteiger partial charge in [-0.05, 0) is 43.7 Å². The van der Waals surface area contributed by atoms with Crippen LogP contribution in [-0.2, 0) is 0 Å². The molecule has 29 heavy (non-hydrogen) atoms. The molecule has 0 saturated heterocycles. The molecule has 1 atom stereocenters. The number of carbonyl (C=O) groups excluding carboxylic acids is 1. The van der Waals surface area contributed by atoms with Crippen LogP contribution < -0.4 is 5.32 Å². The Balaban J connectivity index is 1.53. The highest BCUT2D eigenvalue weighted by Crippen LogP contribution is 2.24. The van der Waals surface area contributed by atoms with E-state index >= 15 is 0 Å². The van der Waals surface area contributed by atoms with Crippen LogP contribution in [0, 0.1) is 6.92 Å². The Morgan fingerprint density at radius 1 is 1.07 bits per heavy atom. The summed E-state index contributed by atoms with van der Waals surface area (Å²) in [6, 6.07) is 17.3. The van der Waals surface area contributed by atoms with Gasteiger partial charge >= 0.3 is 0 Å². The zero-order chi connectivity index (χ0) is 20.4. The Bertz CT molecular complexity index is 1120. The number of nitrogens with one attached hydrogen (secondary N) is 1. The van der Waals surface area contributed by atoms with Crippen LogP contribution in [0.3, 0.4) is 0 Å². The zero-order valence-corrected chi connectivity index (χ0v) is 16.8. The van der Waals surface area contributed by atoms with Gasteiger partial charge in [-0.1, -0.05) is 41.9 Å². The van der Waals surface area contributed by atoms with Crippen LogP contribution in [0.25, 0.3) is 11.4 Å².